The molecule has 0 spiro atoms. The Morgan fingerprint density at radius 1 is 1.23 bits per heavy atom. The zero-order valence-electron chi connectivity index (χ0n) is 13.0. The first-order valence-corrected chi connectivity index (χ1v) is 7.36. The summed E-state index contributed by atoms with van der Waals surface area (Å²) in [6.45, 7) is 7.10. The molecule has 0 aromatic carbocycles. The quantitative estimate of drug-likeness (QED) is 0.791. The number of aromatic nitrogens is 4. The Morgan fingerprint density at radius 2 is 2.00 bits per heavy atom. The minimum Gasteiger partial charge on any atom is -0.416 e. The lowest BCUT2D eigenvalue weighted by molar-refractivity contribution is 0.0719. The third-order valence-corrected chi connectivity index (χ3v) is 3.69. The molecule has 0 saturated heterocycles. The van der Waals surface area contributed by atoms with Gasteiger partial charge in [-0.05, 0) is 12.0 Å². The minimum absolute atomic E-state index is 0.0574. The maximum atomic E-state index is 12.5. The van der Waals surface area contributed by atoms with Crippen LogP contribution in [0.3, 0.4) is 0 Å². The molecule has 2 aromatic rings. The molecule has 116 valence electrons. The summed E-state index contributed by atoms with van der Waals surface area (Å²) in [6, 6.07) is 0. The summed E-state index contributed by atoms with van der Waals surface area (Å²) >= 11 is 0. The number of carbonyl (C=O) groups is 1. The molecule has 3 rings (SSSR count). The van der Waals surface area contributed by atoms with Gasteiger partial charge < -0.3 is 9.32 Å². The van der Waals surface area contributed by atoms with Crippen molar-refractivity contribution >= 4 is 5.91 Å². The van der Waals surface area contributed by atoms with Crippen molar-refractivity contribution in [3.05, 3.63) is 35.6 Å². The SMILES string of the molecule is CC(C)(C)c1nnc(C(=O)N2CCc3cncnc3CC2)o1. The molecule has 3 heterocycles. The van der Waals surface area contributed by atoms with Gasteiger partial charge in [-0.1, -0.05) is 20.8 Å². The summed E-state index contributed by atoms with van der Waals surface area (Å²) in [7, 11) is 0. The zero-order chi connectivity index (χ0) is 15.7. The fourth-order valence-corrected chi connectivity index (χ4v) is 2.38. The Labute approximate surface area is 128 Å². The number of hydrogen-bond acceptors (Lipinski definition) is 6. The van der Waals surface area contributed by atoms with Crippen LogP contribution >= 0.6 is 0 Å². The highest BCUT2D eigenvalue weighted by atomic mass is 16.4. The summed E-state index contributed by atoms with van der Waals surface area (Å²) < 4.78 is 5.54. The van der Waals surface area contributed by atoms with Crippen molar-refractivity contribution in [2.75, 3.05) is 13.1 Å². The van der Waals surface area contributed by atoms with Gasteiger partial charge >= 0.3 is 11.8 Å². The van der Waals surface area contributed by atoms with Crippen LogP contribution in [0.4, 0.5) is 0 Å². The van der Waals surface area contributed by atoms with Gasteiger partial charge in [-0.25, -0.2) is 9.97 Å². The first kappa shape index (κ1) is 14.6. The van der Waals surface area contributed by atoms with Crippen LogP contribution in [0.2, 0.25) is 0 Å². The lowest BCUT2D eigenvalue weighted by Crippen LogP contribution is -2.33. The number of fused-ring (bicyclic) bond motifs is 1. The molecule has 7 nitrogen and oxygen atoms in total. The number of nitrogens with zero attached hydrogens (tertiary/aromatic N) is 5. The molecule has 0 bridgehead atoms. The van der Waals surface area contributed by atoms with Crippen LogP contribution in [0.1, 0.15) is 48.6 Å². The molecule has 0 saturated carbocycles. The number of hydrogen-bond donors (Lipinski definition) is 0. The van der Waals surface area contributed by atoms with Crippen molar-refractivity contribution in [1.82, 2.24) is 25.1 Å². The van der Waals surface area contributed by atoms with Gasteiger partial charge in [-0.15, -0.1) is 10.2 Å². The second kappa shape index (κ2) is 5.47. The van der Waals surface area contributed by atoms with Crippen LogP contribution in [0.15, 0.2) is 16.9 Å². The molecule has 0 unspecified atom stereocenters. The van der Waals surface area contributed by atoms with E-state index in [0.29, 0.717) is 25.4 Å². The fraction of sp³-hybridized carbons (Fsp3) is 0.533. The van der Waals surface area contributed by atoms with E-state index in [9.17, 15) is 4.79 Å². The van der Waals surface area contributed by atoms with E-state index in [1.165, 1.54) is 0 Å². The molecule has 0 fully saturated rings. The Kier molecular flexibility index (Phi) is 3.64. The van der Waals surface area contributed by atoms with Crippen LogP contribution in [0.5, 0.6) is 0 Å². The Balaban J connectivity index is 1.75. The highest BCUT2D eigenvalue weighted by Crippen LogP contribution is 2.21. The first-order chi connectivity index (χ1) is 10.4. The molecule has 1 aliphatic rings. The van der Waals surface area contributed by atoms with Crippen LogP contribution < -0.4 is 0 Å². The second-order valence-corrected chi connectivity index (χ2v) is 6.45. The third kappa shape index (κ3) is 2.84. The van der Waals surface area contributed by atoms with Gasteiger partial charge in [0.1, 0.15) is 6.33 Å². The van der Waals surface area contributed by atoms with Crippen molar-refractivity contribution < 1.29 is 9.21 Å². The van der Waals surface area contributed by atoms with Crippen LogP contribution in [0, 0.1) is 0 Å². The van der Waals surface area contributed by atoms with Gasteiger partial charge in [0, 0.05) is 36.8 Å². The molecule has 0 N–H and O–H groups in total. The minimum atomic E-state index is -0.268. The van der Waals surface area contributed by atoms with Crippen LogP contribution in [-0.2, 0) is 18.3 Å². The van der Waals surface area contributed by atoms with Crippen molar-refractivity contribution in [1.29, 1.82) is 0 Å². The Hall–Kier alpha value is -2.31. The molecule has 0 radical (unpaired) electrons. The molecule has 2 aromatic heterocycles. The lowest BCUT2D eigenvalue weighted by atomic mass is 9.97. The van der Waals surface area contributed by atoms with E-state index >= 15 is 0 Å². The predicted molar refractivity (Wildman–Crippen MR) is 78.3 cm³/mol. The van der Waals surface area contributed by atoms with Crippen molar-refractivity contribution in [2.45, 2.75) is 39.0 Å². The summed E-state index contributed by atoms with van der Waals surface area (Å²) in [5, 5.41) is 7.88. The molecule has 22 heavy (non-hydrogen) atoms. The molecule has 0 aliphatic carbocycles. The predicted octanol–water partition coefficient (Wildman–Crippen LogP) is 1.40. The van der Waals surface area contributed by atoms with Gasteiger partial charge in [-0.2, -0.15) is 0 Å². The van der Waals surface area contributed by atoms with Gasteiger partial charge in [0.25, 0.3) is 0 Å². The van der Waals surface area contributed by atoms with Crippen LogP contribution in [-0.4, -0.2) is 44.1 Å². The third-order valence-electron chi connectivity index (χ3n) is 3.69. The van der Waals surface area contributed by atoms with E-state index in [0.717, 1.165) is 17.7 Å². The number of amides is 1. The molecule has 1 aliphatic heterocycles. The van der Waals surface area contributed by atoms with Crippen molar-refractivity contribution in [2.24, 2.45) is 0 Å². The Bertz CT molecular complexity index is 662. The standard InChI is InChI=1S/C15H19N5O2/c1-15(2,3)14-19-18-12(22-14)13(21)20-6-4-10-8-16-9-17-11(10)5-7-20/h8-9H,4-7H2,1-3H3. The summed E-state index contributed by atoms with van der Waals surface area (Å²) in [5.74, 6) is 0.311. The largest absolute Gasteiger partial charge is 0.416 e. The van der Waals surface area contributed by atoms with E-state index in [2.05, 4.69) is 20.2 Å². The molecule has 7 heteroatoms. The maximum absolute atomic E-state index is 12.5. The lowest BCUT2D eigenvalue weighted by Gasteiger charge is -2.17. The van der Waals surface area contributed by atoms with E-state index < -0.39 is 0 Å². The van der Waals surface area contributed by atoms with Gasteiger partial charge in [0.05, 0.1) is 0 Å². The maximum Gasteiger partial charge on any atom is 0.311 e. The second-order valence-electron chi connectivity index (χ2n) is 6.45. The zero-order valence-corrected chi connectivity index (χ0v) is 13.0. The summed E-state index contributed by atoms with van der Waals surface area (Å²) in [6.07, 6.45) is 4.82. The number of rotatable bonds is 1. The topological polar surface area (TPSA) is 85.0 Å². The molecule has 1 amide bonds. The smallest absolute Gasteiger partial charge is 0.311 e. The summed E-state index contributed by atoms with van der Waals surface area (Å²) in [5.41, 5.74) is 1.83. The van der Waals surface area contributed by atoms with E-state index in [-0.39, 0.29) is 17.2 Å². The summed E-state index contributed by atoms with van der Waals surface area (Å²) in [4.78, 5) is 22.6. The molecular formula is C15H19N5O2. The van der Waals surface area contributed by atoms with Crippen molar-refractivity contribution in [3.63, 3.8) is 0 Å². The van der Waals surface area contributed by atoms with E-state index in [1.807, 2.05) is 27.0 Å². The highest BCUT2D eigenvalue weighted by molar-refractivity contribution is 5.89. The van der Waals surface area contributed by atoms with Crippen LogP contribution in [0.25, 0.3) is 0 Å². The fourth-order valence-electron chi connectivity index (χ4n) is 2.38. The average Bonchev–Trinajstić information content (AvgIpc) is 2.88. The van der Waals surface area contributed by atoms with Gasteiger partial charge in [0.2, 0.25) is 5.89 Å². The Morgan fingerprint density at radius 3 is 2.73 bits per heavy atom. The highest BCUT2D eigenvalue weighted by Gasteiger charge is 2.27. The van der Waals surface area contributed by atoms with Crippen molar-refractivity contribution in [3.8, 4) is 0 Å². The number of carbonyl (C=O) groups excluding carboxylic acids is 1. The monoisotopic (exact) mass is 301 g/mol. The van der Waals surface area contributed by atoms with E-state index in [1.54, 1.807) is 11.2 Å². The first-order valence-electron chi connectivity index (χ1n) is 7.36. The van der Waals surface area contributed by atoms with E-state index in [4.69, 9.17) is 4.42 Å². The average molecular weight is 301 g/mol. The normalized spacial score (nSPS) is 15.3. The molecular weight excluding hydrogens is 282 g/mol. The molecule has 0 atom stereocenters. The van der Waals surface area contributed by atoms with Gasteiger partial charge in [-0.3, -0.25) is 4.79 Å². The van der Waals surface area contributed by atoms with Gasteiger partial charge in [0.15, 0.2) is 0 Å².